The number of ether oxygens (including phenoxy) is 2. The van der Waals surface area contributed by atoms with Crippen molar-refractivity contribution in [2.75, 3.05) is 13.9 Å². The van der Waals surface area contributed by atoms with Crippen molar-refractivity contribution in [3.8, 4) is 5.75 Å². The van der Waals surface area contributed by atoms with Crippen LogP contribution in [0.5, 0.6) is 5.75 Å². The van der Waals surface area contributed by atoms with E-state index in [1.54, 1.807) is 7.11 Å². The van der Waals surface area contributed by atoms with Gasteiger partial charge in [-0.3, -0.25) is 0 Å². The van der Waals surface area contributed by atoms with Crippen molar-refractivity contribution in [2.45, 2.75) is 20.0 Å². The first-order valence-corrected chi connectivity index (χ1v) is 9.97. The standard InChI is InChI=1S/C23H25O3P/c1-17-8-6-12-20(15-24)23(17)27-21-13-7-11-19(22(21)26-16-25-2)14-18-9-4-3-5-10-18/h3-13,24,27H,14-16H2,1-2H3. The molecule has 3 aromatic carbocycles. The van der Waals surface area contributed by atoms with Crippen molar-refractivity contribution in [2.24, 2.45) is 0 Å². The molecule has 1 unspecified atom stereocenters. The van der Waals surface area contributed by atoms with E-state index in [4.69, 9.17) is 9.47 Å². The molecular weight excluding hydrogens is 355 g/mol. The summed E-state index contributed by atoms with van der Waals surface area (Å²) in [5.74, 6) is 0.883. The average molecular weight is 380 g/mol. The molecular formula is C23H25O3P. The van der Waals surface area contributed by atoms with E-state index in [9.17, 15) is 5.11 Å². The van der Waals surface area contributed by atoms with Crippen molar-refractivity contribution in [3.05, 3.63) is 89.0 Å². The highest BCUT2D eigenvalue weighted by molar-refractivity contribution is 7.56. The maximum atomic E-state index is 9.73. The lowest BCUT2D eigenvalue weighted by atomic mass is 10.0. The fourth-order valence-corrected chi connectivity index (χ4v) is 4.50. The highest BCUT2D eigenvalue weighted by Gasteiger charge is 2.14. The summed E-state index contributed by atoms with van der Waals surface area (Å²) in [5, 5.41) is 12.0. The van der Waals surface area contributed by atoms with E-state index in [2.05, 4.69) is 55.5 Å². The number of benzene rings is 3. The Morgan fingerprint density at radius 3 is 2.37 bits per heavy atom. The van der Waals surface area contributed by atoms with Crippen LogP contribution in [0.2, 0.25) is 0 Å². The van der Waals surface area contributed by atoms with Gasteiger partial charge in [0.05, 0.1) is 6.61 Å². The summed E-state index contributed by atoms with van der Waals surface area (Å²) in [4.78, 5) is 0. The molecule has 1 N–H and O–H groups in total. The predicted octanol–water partition coefficient (Wildman–Crippen LogP) is 3.69. The maximum absolute atomic E-state index is 9.73. The van der Waals surface area contributed by atoms with Gasteiger partial charge in [0.1, 0.15) is 5.75 Å². The van der Waals surface area contributed by atoms with Crippen LogP contribution >= 0.6 is 8.58 Å². The molecule has 3 aromatic rings. The Balaban J connectivity index is 1.98. The molecule has 4 heteroatoms. The molecule has 0 aliphatic heterocycles. The van der Waals surface area contributed by atoms with Crippen molar-refractivity contribution in [1.29, 1.82) is 0 Å². The Morgan fingerprint density at radius 2 is 1.63 bits per heavy atom. The van der Waals surface area contributed by atoms with Gasteiger partial charge in [0, 0.05) is 18.8 Å². The molecule has 3 rings (SSSR count). The molecule has 0 aromatic heterocycles. The van der Waals surface area contributed by atoms with E-state index < -0.39 is 0 Å². The van der Waals surface area contributed by atoms with Crippen LogP contribution in [0.4, 0.5) is 0 Å². The Bertz CT molecular complexity index is 878. The van der Waals surface area contributed by atoms with Gasteiger partial charge in [-0.05, 0) is 34.5 Å². The van der Waals surface area contributed by atoms with Gasteiger partial charge in [-0.2, -0.15) is 0 Å². The SMILES string of the molecule is COCOc1c(Cc2ccccc2)cccc1Pc1c(C)cccc1CO. The first-order chi connectivity index (χ1) is 13.2. The van der Waals surface area contributed by atoms with Gasteiger partial charge < -0.3 is 14.6 Å². The quantitative estimate of drug-likeness (QED) is 0.479. The second-order valence-corrected chi connectivity index (χ2v) is 7.69. The average Bonchev–Trinajstić information content (AvgIpc) is 2.70. The second-order valence-electron chi connectivity index (χ2n) is 6.40. The van der Waals surface area contributed by atoms with Crippen LogP contribution in [0.25, 0.3) is 0 Å². The summed E-state index contributed by atoms with van der Waals surface area (Å²) >= 11 is 0. The fraction of sp³-hybridized carbons (Fsp3) is 0.217. The lowest BCUT2D eigenvalue weighted by Crippen LogP contribution is -2.16. The molecule has 0 bridgehead atoms. The molecule has 1 atom stereocenters. The molecule has 0 amide bonds. The van der Waals surface area contributed by atoms with Gasteiger partial charge in [-0.1, -0.05) is 75.3 Å². The third-order valence-electron chi connectivity index (χ3n) is 4.44. The van der Waals surface area contributed by atoms with Crippen LogP contribution in [-0.2, 0) is 17.8 Å². The van der Waals surface area contributed by atoms with E-state index in [0.29, 0.717) is 8.58 Å². The molecule has 0 spiro atoms. The zero-order valence-corrected chi connectivity index (χ0v) is 16.7. The Kier molecular flexibility index (Phi) is 7.00. The molecule has 3 nitrogen and oxygen atoms in total. The third-order valence-corrected chi connectivity index (χ3v) is 6.07. The summed E-state index contributed by atoms with van der Waals surface area (Å²) in [7, 11) is 2.04. The van der Waals surface area contributed by atoms with Gasteiger partial charge in [-0.25, -0.2) is 0 Å². The minimum Gasteiger partial charge on any atom is -0.467 e. The molecule has 27 heavy (non-hydrogen) atoms. The van der Waals surface area contributed by atoms with E-state index in [1.165, 1.54) is 16.4 Å². The van der Waals surface area contributed by atoms with Gasteiger partial charge >= 0.3 is 0 Å². The molecule has 0 heterocycles. The zero-order valence-electron chi connectivity index (χ0n) is 15.7. The van der Waals surface area contributed by atoms with E-state index >= 15 is 0 Å². The molecule has 140 valence electrons. The highest BCUT2D eigenvalue weighted by Crippen LogP contribution is 2.27. The van der Waals surface area contributed by atoms with Crippen molar-refractivity contribution in [3.63, 3.8) is 0 Å². The number of aliphatic hydroxyl groups is 1. The summed E-state index contributed by atoms with van der Waals surface area (Å²) in [6.45, 7) is 2.34. The monoisotopic (exact) mass is 380 g/mol. The second kappa shape index (κ2) is 9.66. The molecule has 0 saturated heterocycles. The minimum absolute atomic E-state index is 0.0436. The molecule has 0 fully saturated rings. The number of hydrogen-bond acceptors (Lipinski definition) is 3. The van der Waals surface area contributed by atoms with Crippen molar-refractivity contribution < 1.29 is 14.6 Å². The number of aliphatic hydroxyl groups excluding tert-OH is 1. The minimum atomic E-state index is 0.0436. The number of methoxy groups -OCH3 is 1. The van der Waals surface area contributed by atoms with Crippen LogP contribution in [-0.4, -0.2) is 19.0 Å². The van der Waals surface area contributed by atoms with E-state index in [-0.39, 0.29) is 13.4 Å². The lowest BCUT2D eigenvalue weighted by molar-refractivity contribution is 0.0513. The molecule has 0 aliphatic carbocycles. The smallest absolute Gasteiger partial charge is 0.188 e. The topological polar surface area (TPSA) is 38.7 Å². The van der Waals surface area contributed by atoms with Crippen LogP contribution in [0.15, 0.2) is 66.7 Å². The Morgan fingerprint density at radius 1 is 0.889 bits per heavy atom. The fourth-order valence-electron chi connectivity index (χ4n) is 3.10. The lowest BCUT2D eigenvalue weighted by Gasteiger charge is -2.18. The first kappa shape index (κ1) is 19.6. The Hall–Kier alpha value is -2.19. The van der Waals surface area contributed by atoms with E-state index in [1.807, 2.05) is 18.2 Å². The molecule has 0 saturated carbocycles. The highest BCUT2D eigenvalue weighted by atomic mass is 31.1. The van der Waals surface area contributed by atoms with Gasteiger partial charge in [0.25, 0.3) is 0 Å². The normalized spacial score (nSPS) is 11.2. The number of hydrogen-bond donors (Lipinski definition) is 1. The van der Waals surface area contributed by atoms with E-state index in [0.717, 1.165) is 28.6 Å². The largest absolute Gasteiger partial charge is 0.467 e. The van der Waals surface area contributed by atoms with Crippen LogP contribution < -0.4 is 15.3 Å². The zero-order chi connectivity index (χ0) is 19.1. The first-order valence-electron chi connectivity index (χ1n) is 8.97. The summed E-state index contributed by atoms with van der Waals surface area (Å²) in [6.07, 6.45) is 0.804. The van der Waals surface area contributed by atoms with Crippen molar-refractivity contribution in [1.82, 2.24) is 0 Å². The number of aryl methyl sites for hydroxylation is 1. The third kappa shape index (κ3) is 4.95. The van der Waals surface area contributed by atoms with Crippen molar-refractivity contribution >= 4 is 19.2 Å². The molecule has 0 radical (unpaired) electrons. The van der Waals surface area contributed by atoms with Gasteiger partial charge in [0.2, 0.25) is 0 Å². The summed E-state index contributed by atoms with van der Waals surface area (Å²) < 4.78 is 11.2. The number of rotatable bonds is 8. The van der Waals surface area contributed by atoms with Crippen LogP contribution in [0.1, 0.15) is 22.3 Å². The number of para-hydroxylation sites is 1. The summed E-state index contributed by atoms with van der Waals surface area (Å²) in [5.41, 5.74) is 4.54. The van der Waals surface area contributed by atoms with Gasteiger partial charge in [-0.15, -0.1) is 0 Å². The van der Waals surface area contributed by atoms with Gasteiger partial charge in [0.15, 0.2) is 6.79 Å². The Labute approximate surface area is 162 Å². The molecule has 0 aliphatic rings. The van der Waals surface area contributed by atoms with Crippen LogP contribution in [0, 0.1) is 6.92 Å². The maximum Gasteiger partial charge on any atom is 0.188 e. The summed E-state index contributed by atoms with van der Waals surface area (Å²) in [6, 6.07) is 22.7. The predicted molar refractivity (Wildman–Crippen MR) is 113 cm³/mol. The van der Waals surface area contributed by atoms with Crippen LogP contribution in [0.3, 0.4) is 0 Å².